The van der Waals surface area contributed by atoms with Gasteiger partial charge in [-0.05, 0) is 63.4 Å². The summed E-state index contributed by atoms with van der Waals surface area (Å²) in [4.78, 5) is 2.39. The molecule has 1 aliphatic rings. The van der Waals surface area contributed by atoms with Gasteiger partial charge in [-0.1, -0.05) is 42.5 Å². The van der Waals surface area contributed by atoms with Crippen molar-refractivity contribution in [2.24, 2.45) is 0 Å². The maximum Gasteiger partial charge on any atom is 0.173 e. The molecule has 1 unspecified atom stereocenters. The highest BCUT2D eigenvalue weighted by atomic mass is 19.1. The van der Waals surface area contributed by atoms with Crippen molar-refractivity contribution in [3.8, 4) is 11.5 Å². The number of nitrogens with zero attached hydrogens (tertiary/aromatic N) is 5. The Morgan fingerprint density at radius 3 is 2.47 bits per heavy atom. The van der Waals surface area contributed by atoms with Crippen molar-refractivity contribution in [2.75, 3.05) is 20.8 Å². The van der Waals surface area contributed by atoms with Crippen LogP contribution in [0, 0.1) is 5.82 Å². The molecule has 8 heteroatoms. The molecule has 0 bridgehead atoms. The maximum absolute atomic E-state index is 13.4. The fourth-order valence-electron chi connectivity index (χ4n) is 4.57. The minimum Gasteiger partial charge on any atom is -0.493 e. The lowest BCUT2D eigenvalue weighted by molar-refractivity contribution is 0.194. The van der Waals surface area contributed by atoms with Crippen LogP contribution in [0.3, 0.4) is 0 Å². The molecule has 7 nitrogen and oxygen atoms in total. The predicted octanol–water partition coefficient (Wildman–Crippen LogP) is 4.03. The van der Waals surface area contributed by atoms with E-state index in [4.69, 9.17) is 9.47 Å². The first-order chi connectivity index (χ1) is 16.7. The number of hydrogen-bond acceptors (Lipinski definition) is 6. The Morgan fingerprint density at radius 1 is 0.941 bits per heavy atom. The fraction of sp³-hybridized carbons (Fsp3) is 0.269. The third-order valence-electron chi connectivity index (χ3n) is 6.30. The van der Waals surface area contributed by atoms with E-state index in [0.717, 1.165) is 36.5 Å². The van der Waals surface area contributed by atoms with Gasteiger partial charge in [-0.15, -0.1) is 5.10 Å². The van der Waals surface area contributed by atoms with Crippen LogP contribution in [0.15, 0.2) is 66.7 Å². The third kappa shape index (κ3) is 4.36. The van der Waals surface area contributed by atoms with Gasteiger partial charge in [0.1, 0.15) is 5.82 Å². The predicted molar refractivity (Wildman–Crippen MR) is 125 cm³/mol. The van der Waals surface area contributed by atoms with E-state index < -0.39 is 0 Å². The van der Waals surface area contributed by atoms with E-state index in [1.54, 1.807) is 31.0 Å². The lowest BCUT2D eigenvalue weighted by Gasteiger charge is -2.35. The van der Waals surface area contributed by atoms with Crippen LogP contribution in [0.5, 0.6) is 11.5 Å². The number of benzene rings is 3. The van der Waals surface area contributed by atoms with Crippen LogP contribution in [-0.4, -0.2) is 45.9 Å². The zero-order valence-corrected chi connectivity index (χ0v) is 19.2. The molecule has 5 rings (SSSR count). The normalized spacial score (nSPS) is 14.4. The van der Waals surface area contributed by atoms with Crippen LogP contribution in [0.25, 0.3) is 0 Å². The Morgan fingerprint density at radius 2 is 1.71 bits per heavy atom. The number of ether oxygens (including phenoxy) is 2. The second-order valence-corrected chi connectivity index (χ2v) is 8.33. The standard InChI is InChI=1S/C26H26FN5O2/c1-33-23-12-9-20(15-24(23)34-2)25(31-14-13-19-5-3-4-6-21(19)17-31)26-28-29-30-32(26)16-18-7-10-22(27)11-8-18/h3-12,15,25H,13-14,16-17H2,1-2H3. The smallest absolute Gasteiger partial charge is 0.173 e. The molecule has 0 fully saturated rings. The summed E-state index contributed by atoms with van der Waals surface area (Å²) in [6.45, 7) is 2.08. The summed E-state index contributed by atoms with van der Waals surface area (Å²) >= 11 is 0. The molecule has 3 aromatic carbocycles. The number of methoxy groups -OCH3 is 2. The average molecular weight is 460 g/mol. The first-order valence-corrected chi connectivity index (χ1v) is 11.2. The number of halogens is 1. The van der Waals surface area contributed by atoms with Crippen molar-refractivity contribution in [2.45, 2.75) is 25.6 Å². The lowest BCUT2D eigenvalue weighted by atomic mass is 9.95. The van der Waals surface area contributed by atoms with Gasteiger partial charge in [-0.2, -0.15) is 0 Å². The van der Waals surface area contributed by atoms with Gasteiger partial charge in [0.25, 0.3) is 0 Å². The molecule has 1 aromatic heterocycles. The average Bonchev–Trinajstić information content (AvgIpc) is 3.32. The largest absolute Gasteiger partial charge is 0.493 e. The van der Waals surface area contributed by atoms with Crippen molar-refractivity contribution in [1.29, 1.82) is 0 Å². The van der Waals surface area contributed by atoms with Crippen LogP contribution in [0.4, 0.5) is 4.39 Å². The summed E-state index contributed by atoms with van der Waals surface area (Å²) < 4.78 is 26.2. The van der Waals surface area contributed by atoms with E-state index in [0.29, 0.717) is 18.0 Å². The molecule has 174 valence electrons. The zero-order chi connectivity index (χ0) is 23.5. The fourth-order valence-corrected chi connectivity index (χ4v) is 4.57. The van der Waals surface area contributed by atoms with Crippen LogP contribution >= 0.6 is 0 Å². The molecule has 0 amide bonds. The molecule has 4 aromatic rings. The Labute approximate surface area is 197 Å². The summed E-state index contributed by atoms with van der Waals surface area (Å²) in [6, 6.07) is 20.7. The van der Waals surface area contributed by atoms with Gasteiger partial charge in [-0.3, -0.25) is 4.90 Å². The summed E-state index contributed by atoms with van der Waals surface area (Å²) in [5.41, 5.74) is 4.60. The maximum atomic E-state index is 13.4. The second kappa shape index (κ2) is 9.61. The van der Waals surface area contributed by atoms with Crippen LogP contribution < -0.4 is 9.47 Å². The Balaban J connectivity index is 1.56. The topological polar surface area (TPSA) is 65.3 Å². The molecule has 1 aliphatic heterocycles. The van der Waals surface area contributed by atoms with E-state index in [1.165, 1.54) is 23.3 Å². The van der Waals surface area contributed by atoms with Gasteiger partial charge >= 0.3 is 0 Å². The van der Waals surface area contributed by atoms with Gasteiger partial charge in [0.15, 0.2) is 17.3 Å². The van der Waals surface area contributed by atoms with E-state index in [2.05, 4.69) is 44.7 Å². The SMILES string of the molecule is COc1ccc(C(c2nnnn2Cc2ccc(F)cc2)N2CCc3ccccc3C2)cc1OC. The summed E-state index contributed by atoms with van der Waals surface area (Å²) in [6.07, 6.45) is 0.944. The van der Waals surface area contributed by atoms with E-state index in [9.17, 15) is 4.39 Å². The summed E-state index contributed by atoms with van der Waals surface area (Å²) in [5, 5.41) is 12.7. The first-order valence-electron chi connectivity index (χ1n) is 11.2. The van der Waals surface area contributed by atoms with E-state index >= 15 is 0 Å². The van der Waals surface area contributed by atoms with Gasteiger partial charge in [0.05, 0.1) is 26.8 Å². The Bertz CT molecular complexity index is 1270. The molecule has 2 heterocycles. The molecule has 0 saturated carbocycles. The summed E-state index contributed by atoms with van der Waals surface area (Å²) in [5.74, 6) is 1.77. The van der Waals surface area contributed by atoms with Crippen LogP contribution in [-0.2, 0) is 19.5 Å². The van der Waals surface area contributed by atoms with Gasteiger partial charge in [-0.25, -0.2) is 9.07 Å². The molecule has 0 N–H and O–H groups in total. The molecule has 0 radical (unpaired) electrons. The van der Waals surface area contributed by atoms with E-state index in [-0.39, 0.29) is 11.9 Å². The minimum atomic E-state index is -0.268. The first kappa shape index (κ1) is 22.0. The minimum absolute atomic E-state index is 0.205. The summed E-state index contributed by atoms with van der Waals surface area (Å²) in [7, 11) is 3.26. The quantitative estimate of drug-likeness (QED) is 0.416. The van der Waals surface area contributed by atoms with Crippen molar-refractivity contribution >= 4 is 0 Å². The van der Waals surface area contributed by atoms with Gasteiger partial charge in [0, 0.05) is 13.1 Å². The van der Waals surface area contributed by atoms with Crippen molar-refractivity contribution in [3.05, 3.63) is 101 Å². The van der Waals surface area contributed by atoms with Crippen molar-refractivity contribution in [1.82, 2.24) is 25.1 Å². The molecule has 0 aliphatic carbocycles. The van der Waals surface area contributed by atoms with Crippen molar-refractivity contribution < 1.29 is 13.9 Å². The second-order valence-electron chi connectivity index (χ2n) is 8.33. The highest BCUT2D eigenvalue weighted by Gasteiger charge is 2.31. The van der Waals surface area contributed by atoms with Crippen molar-refractivity contribution in [3.63, 3.8) is 0 Å². The zero-order valence-electron chi connectivity index (χ0n) is 19.2. The number of rotatable bonds is 7. The molecule has 1 atom stereocenters. The molecule has 34 heavy (non-hydrogen) atoms. The highest BCUT2D eigenvalue weighted by Crippen LogP contribution is 2.36. The number of fused-ring (bicyclic) bond motifs is 1. The highest BCUT2D eigenvalue weighted by molar-refractivity contribution is 5.45. The molecular weight excluding hydrogens is 433 g/mol. The Hall–Kier alpha value is -3.78. The van der Waals surface area contributed by atoms with Crippen LogP contribution in [0.2, 0.25) is 0 Å². The Kier molecular flexibility index (Phi) is 6.22. The number of tetrazole rings is 1. The lowest BCUT2D eigenvalue weighted by Crippen LogP contribution is -2.36. The monoisotopic (exact) mass is 459 g/mol. The molecule has 0 saturated heterocycles. The third-order valence-corrected chi connectivity index (χ3v) is 6.30. The van der Waals surface area contributed by atoms with Gasteiger partial charge in [0.2, 0.25) is 0 Å². The number of aromatic nitrogens is 4. The molecular formula is C26H26FN5O2. The van der Waals surface area contributed by atoms with E-state index in [1.807, 2.05) is 18.2 Å². The molecule has 0 spiro atoms. The number of hydrogen-bond donors (Lipinski definition) is 0. The van der Waals surface area contributed by atoms with Gasteiger partial charge < -0.3 is 9.47 Å². The van der Waals surface area contributed by atoms with Crippen LogP contribution in [0.1, 0.15) is 34.1 Å².